The van der Waals surface area contributed by atoms with E-state index in [1.165, 1.54) is 10.9 Å². The molecule has 0 aliphatic rings. The van der Waals surface area contributed by atoms with Crippen LogP contribution in [-0.4, -0.2) is 61.6 Å². The smallest absolute Gasteiger partial charge is 0.358 e. The maximum absolute atomic E-state index is 10.6. The van der Waals surface area contributed by atoms with Crippen molar-refractivity contribution in [3.8, 4) is 0 Å². The number of nitrogens with zero attached hydrogens (tertiary/aromatic N) is 3. The SMILES string of the molecule is CCC(CO)(CO)NCCn1cc(C(=O)O)nn1. The molecule has 0 saturated carbocycles. The summed E-state index contributed by atoms with van der Waals surface area (Å²) in [5.74, 6) is -1.12. The van der Waals surface area contributed by atoms with Crippen LogP contribution in [0.5, 0.6) is 0 Å². The van der Waals surface area contributed by atoms with Gasteiger partial charge in [-0.15, -0.1) is 5.10 Å². The number of hydrogen-bond acceptors (Lipinski definition) is 6. The fraction of sp³-hybridized carbons (Fsp3) is 0.700. The van der Waals surface area contributed by atoms with E-state index in [-0.39, 0.29) is 18.9 Å². The maximum atomic E-state index is 10.6. The molecule has 1 heterocycles. The Balaban J connectivity index is 2.47. The summed E-state index contributed by atoms with van der Waals surface area (Å²) in [6.45, 7) is 2.37. The lowest BCUT2D eigenvalue weighted by molar-refractivity contribution is 0.0690. The van der Waals surface area contributed by atoms with Gasteiger partial charge in [0.25, 0.3) is 0 Å². The molecule has 0 amide bonds. The molecule has 1 aromatic rings. The predicted octanol–water partition coefficient (Wildman–Crippen LogP) is -1.30. The van der Waals surface area contributed by atoms with Crippen molar-refractivity contribution < 1.29 is 20.1 Å². The third-order valence-electron chi connectivity index (χ3n) is 2.88. The lowest BCUT2D eigenvalue weighted by Crippen LogP contribution is -2.52. The van der Waals surface area contributed by atoms with Gasteiger partial charge in [-0.3, -0.25) is 4.68 Å². The maximum Gasteiger partial charge on any atom is 0.358 e. The van der Waals surface area contributed by atoms with Crippen LogP contribution in [-0.2, 0) is 6.54 Å². The van der Waals surface area contributed by atoms with Crippen molar-refractivity contribution in [1.82, 2.24) is 20.3 Å². The Morgan fingerprint density at radius 2 is 2.17 bits per heavy atom. The van der Waals surface area contributed by atoms with Crippen molar-refractivity contribution in [2.24, 2.45) is 0 Å². The highest BCUT2D eigenvalue weighted by Crippen LogP contribution is 2.07. The highest BCUT2D eigenvalue weighted by Gasteiger charge is 2.25. The number of carboxylic acid groups (broad SMARTS) is 1. The average Bonchev–Trinajstić information content (AvgIpc) is 2.84. The minimum Gasteiger partial charge on any atom is -0.476 e. The summed E-state index contributed by atoms with van der Waals surface area (Å²) in [5, 5.41) is 37.3. The van der Waals surface area contributed by atoms with Crippen LogP contribution in [0.15, 0.2) is 6.20 Å². The topological polar surface area (TPSA) is 121 Å². The van der Waals surface area contributed by atoms with Crippen LogP contribution in [0, 0.1) is 0 Å². The van der Waals surface area contributed by atoms with E-state index in [2.05, 4.69) is 15.6 Å². The molecule has 1 aromatic heterocycles. The first-order valence-corrected chi connectivity index (χ1v) is 5.67. The van der Waals surface area contributed by atoms with Gasteiger partial charge < -0.3 is 20.6 Å². The van der Waals surface area contributed by atoms with Crippen LogP contribution >= 0.6 is 0 Å². The fourth-order valence-electron chi connectivity index (χ4n) is 1.45. The molecule has 4 N–H and O–H groups in total. The van der Waals surface area contributed by atoms with Gasteiger partial charge in [-0.25, -0.2) is 4.79 Å². The first-order valence-electron chi connectivity index (χ1n) is 5.67. The van der Waals surface area contributed by atoms with E-state index < -0.39 is 11.5 Å². The number of nitrogens with one attached hydrogen (secondary N) is 1. The third-order valence-corrected chi connectivity index (χ3v) is 2.88. The average molecular weight is 258 g/mol. The highest BCUT2D eigenvalue weighted by molar-refractivity contribution is 5.84. The third kappa shape index (κ3) is 3.49. The second-order valence-electron chi connectivity index (χ2n) is 4.05. The molecule has 0 aromatic carbocycles. The molecule has 8 nitrogen and oxygen atoms in total. The number of rotatable bonds is 8. The van der Waals surface area contributed by atoms with E-state index in [1.807, 2.05) is 6.92 Å². The second-order valence-corrected chi connectivity index (χ2v) is 4.05. The Kier molecular flexibility index (Phi) is 5.20. The Hall–Kier alpha value is -1.51. The summed E-state index contributed by atoms with van der Waals surface area (Å²) in [7, 11) is 0. The molecule has 0 saturated heterocycles. The Morgan fingerprint density at radius 1 is 1.50 bits per heavy atom. The lowest BCUT2D eigenvalue weighted by atomic mass is 9.99. The molecule has 8 heteroatoms. The van der Waals surface area contributed by atoms with Gasteiger partial charge >= 0.3 is 5.97 Å². The van der Waals surface area contributed by atoms with E-state index >= 15 is 0 Å². The standard InChI is InChI=1S/C10H18N4O4/c1-2-10(6-15,7-16)11-3-4-14-5-8(9(17)18)12-13-14/h5,11,15-16H,2-4,6-7H2,1H3,(H,17,18). The molecule has 0 unspecified atom stereocenters. The molecule has 0 fully saturated rings. The summed E-state index contributed by atoms with van der Waals surface area (Å²) in [6, 6.07) is 0. The van der Waals surface area contributed by atoms with Crippen molar-refractivity contribution in [2.45, 2.75) is 25.4 Å². The van der Waals surface area contributed by atoms with Gasteiger partial charge in [0.2, 0.25) is 0 Å². The van der Waals surface area contributed by atoms with Crippen LogP contribution in [0.1, 0.15) is 23.8 Å². The summed E-state index contributed by atoms with van der Waals surface area (Å²) in [5.41, 5.74) is -0.822. The van der Waals surface area contributed by atoms with Gasteiger partial charge in [-0.1, -0.05) is 12.1 Å². The summed E-state index contributed by atoms with van der Waals surface area (Å²) >= 11 is 0. The molecule has 0 atom stereocenters. The zero-order valence-corrected chi connectivity index (χ0v) is 10.2. The minimum absolute atomic E-state index is 0.110. The number of hydrogen-bond donors (Lipinski definition) is 4. The number of carbonyl (C=O) groups is 1. The Bertz CT molecular complexity index is 381. The van der Waals surface area contributed by atoms with E-state index in [0.29, 0.717) is 19.5 Å². The molecule has 0 bridgehead atoms. The molecule has 0 aliphatic heterocycles. The van der Waals surface area contributed by atoms with Gasteiger partial charge in [0.1, 0.15) is 0 Å². The molecule has 0 aliphatic carbocycles. The molecule has 0 radical (unpaired) electrons. The van der Waals surface area contributed by atoms with Crippen molar-refractivity contribution in [1.29, 1.82) is 0 Å². The van der Waals surface area contributed by atoms with E-state index in [1.54, 1.807) is 0 Å². The zero-order chi connectivity index (χ0) is 13.6. The number of aromatic carboxylic acids is 1. The van der Waals surface area contributed by atoms with E-state index in [0.717, 1.165) is 0 Å². The van der Waals surface area contributed by atoms with Crippen molar-refractivity contribution in [3.63, 3.8) is 0 Å². The number of aromatic nitrogens is 3. The second kappa shape index (κ2) is 6.43. The largest absolute Gasteiger partial charge is 0.476 e. The van der Waals surface area contributed by atoms with Crippen molar-refractivity contribution in [2.75, 3.05) is 19.8 Å². The normalized spacial score (nSPS) is 11.7. The molecule has 102 valence electrons. The van der Waals surface area contributed by atoms with Gasteiger partial charge in [0.05, 0.1) is 31.5 Å². The quantitative estimate of drug-likeness (QED) is 0.457. The van der Waals surface area contributed by atoms with Crippen molar-refractivity contribution >= 4 is 5.97 Å². The number of aliphatic hydroxyl groups excluding tert-OH is 2. The van der Waals surface area contributed by atoms with Gasteiger partial charge in [0.15, 0.2) is 5.69 Å². The minimum atomic E-state index is -1.12. The first-order chi connectivity index (χ1) is 8.56. The van der Waals surface area contributed by atoms with Gasteiger partial charge in [0, 0.05) is 6.54 Å². The summed E-state index contributed by atoms with van der Waals surface area (Å²) in [4.78, 5) is 10.6. The highest BCUT2D eigenvalue weighted by atomic mass is 16.4. The molecular formula is C10H18N4O4. The predicted molar refractivity (Wildman–Crippen MR) is 62.2 cm³/mol. The van der Waals surface area contributed by atoms with Crippen LogP contribution in [0.3, 0.4) is 0 Å². The van der Waals surface area contributed by atoms with E-state index in [9.17, 15) is 15.0 Å². The van der Waals surface area contributed by atoms with Crippen molar-refractivity contribution in [3.05, 3.63) is 11.9 Å². The monoisotopic (exact) mass is 258 g/mol. The Labute approximate surface area is 104 Å². The first kappa shape index (κ1) is 14.6. The zero-order valence-electron chi connectivity index (χ0n) is 10.2. The van der Waals surface area contributed by atoms with Crippen LogP contribution in [0.25, 0.3) is 0 Å². The fourth-order valence-corrected chi connectivity index (χ4v) is 1.45. The van der Waals surface area contributed by atoms with Crippen LogP contribution < -0.4 is 5.32 Å². The molecule has 0 spiro atoms. The molecular weight excluding hydrogens is 240 g/mol. The lowest BCUT2D eigenvalue weighted by Gasteiger charge is -2.29. The molecule has 18 heavy (non-hydrogen) atoms. The number of aliphatic hydroxyl groups is 2. The van der Waals surface area contributed by atoms with E-state index in [4.69, 9.17) is 5.11 Å². The van der Waals surface area contributed by atoms with Crippen LogP contribution in [0.4, 0.5) is 0 Å². The van der Waals surface area contributed by atoms with Gasteiger partial charge in [-0.05, 0) is 6.42 Å². The summed E-state index contributed by atoms with van der Waals surface area (Å²) < 4.78 is 1.39. The number of carboxylic acids is 1. The summed E-state index contributed by atoms with van der Waals surface area (Å²) in [6.07, 6.45) is 1.91. The Morgan fingerprint density at radius 3 is 2.61 bits per heavy atom. The van der Waals surface area contributed by atoms with Gasteiger partial charge in [-0.2, -0.15) is 0 Å². The van der Waals surface area contributed by atoms with Crippen LogP contribution in [0.2, 0.25) is 0 Å². The molecule has 1 rings (SSSR count).